The molecule has 0 saturated carbocycles. The molecule has 0 radical (unpaired) electrons. The fourth-order valence-corrected chi connectivity index (χ4v) is 1.38. The monoisotopic (exact) mass is 254 g/mol. The highest BCUT2D eigenvalue weighted by Crippen LogP contribution is 2.20. The van der Waals surface area contributed by atoms with E-state index in [1.165, 1.54) is 12.1 Å². The van der Waals surface area contributed by atoms with Crippen molar-refractivity contribution in [3.63, 3.8) is 0 Å². The van der Waals surface area contributed by atoms with Crippen LogP contribution < -0.4 is 15.8 Å². The molecule has 0 aliphatic carbocycles. The van der Waals surface area contributed by atoms with Crippen LogP contribution in [-0.2, 0) is 4.79 Å². The summed E-state index contributed by atoms with van der Waals surface area (Å²) in [5.41, 5.74) is 6.33. The zero-order chi connectivity index (χ0) is 13.5. The van der Waals surface area contributed by atoms with E-state index in [0.29, 0.717) is 12.1 Å². The molecule has 0 aliphatic heterocycles. The van der Waals surface area contributed by atoms with Gasteiger partial charge < -0.3 is 15.8 Å². The molecular weight excluding hydrogens is 235 g/mol. The number of hydrogen-bond donors (Lipinski definition) is 2. The van der Waals surface area contributed by atoms with Gasteiger partial charge in [0.05, 0.1) is 0 Å². The third-order valence-electron chi connectivity index (χ3n) is 2.41. The van der Waals surface area contributed by atoms with Crippen LogP contribution in [0.3, 0.4) is 0 Å². The van der Waals surface area contributed by atoms with Crippen LogP contribution in [0.2, 0.25) is 0 Å². The van der Waals surface area contributed by atoms with Crippen molar-refractivity contribution in [3.8, 4) is 5.75 Å². The first-order valence-electron chi connectivity index (χ1n) is 5.99. The number of ether oxygens (including phenoxy) is 1. The van der Waals surface area contributed by atoms with Crippen LogP contribution in [0.4, 0.5) is 4.39 Å². The minimum absolute atomic E-state index is 0.0612. The normalized spacial score (nSPS) is 12.0. The predicted molar refractivity (Wildman–Crippen MR) is 67.8 cm³/mol. The van der Waals surface area contributed by atoms with Crippen molar-refractivity contribution < 1.29 is 13.9 Å². The van der Waals surface area contributed by atoms with Crippen LogP contribution in [0.25, 0.3) is 0 Å². The summed E-state index contributed by atoms with van der Waals surface area (Å²) in [7, 11) is 0. The number of hydrogen-bond acceptors (Lipinski definition) is 3. The maximum Gasteiger partial charge on any atom is 0.257 e. The summed E-state index contributed by atoms with van der Waals surface area (Å²) in [6.07, 6.45) is 0.850. The van der Waals surface area contributed by atoms with E-state index in [9.17, 15) is 9.18 Å². The van der Waals surface area contributed by atoms with E-state index in [2.05, 4.69) is 5.32 Å². The number of carbonyl (C=O) groups is 1. The molecule has 5 heteroatoms. The van der Waals surface area contributed by atoms with Gasteiger partial charge >= 0.3 is 0 Å². The summed E-state index contributed by atoms with van der Waals surface area (Å²) in [5.74, 6) is -0.702. The molecule has 4 nitrogen and oxygen atoms in total. The predicted octanol–water partition coefficient (Wildman–Crippen LogP) is 1.75. The van der Waals surface area contributed by atoms with Gasteiger partial charge in [-0.25, -0.2) is 4.39 Å². The van der Waals surface area contributed by atoms with E-state index >= 15 is 0 Å². The third kappa shape index (κ3) is 4.33. The second kappa shape index (κ2) is 6.96. The standard InChI is InChI=1S/C13H19FN2O2/c1-3-6-16-13(17)8-18-12-5-4-10(9(2)15)7-11(12)14/h4-5,7,9H,3,6,8,15H2,1-2H3,(H,16,17)/t9-/m1/s1. The van der Waals surface area contributed by atoms with Gasteiger partial charge in [-0.2, -0.15) is 0 Å². The number of nitrogens with two attached hydrogens (primary N) is 1. The molecule has 0 aliphatic rings. The second-order valence-corrected chi connectivity index (χ2v) is 4.12. The molecule has 1 amide bonds. The van der Waals surface area contributed by atoms with Crippen molar-refractivity contribution in [1.82, 2.24) is 5.32 Å². The largest absolute Gasteiger partial charge is 0.481 e. The molecule has 1 atom stereocenters. The SMILES string of the molecule is CCCNC(=O)COc1ccc([C@@H](C)N)cc1F. The van der Waals surface area contributed by atoms with Gasteiger partial charge in [0, 0.05) is 12.6 Å². The maximum atomic E-state index is 13.6. The van der Waals surface area contributed by atoms with Crippen molar-refractivity contribution >= 4 is 5.91 Å². The molecule has 0 heterocycles. The Morgan fingerprint density at radius 3 is 2.83 bits per heavy atom. The number of halogens is 1. The highest BCUT2D eigenvalue weighted by molar-refractivity contribution is 5.77. The van der Waals surface area contributed by atoms with Gasteiger partial charge in [-0.05, 0) is 31.0 Å². The molecule has 0 unspecified atom stereocenters. The lowest BCUT2D eigenvalue weighted by atomic mass is 10.1. The Bertz CT molecular complexity index is 408. The van der Waals surface area contributed by atoms with Gasteiger partial charge in [-0.15, -0.1) is 0 Å². The third-order valence-corrected chi connectivity index (χ3v) is 2.41. The molecular formula is C13H19FN2O2. The topological polar surface area (TPSA) is 64.3 Å². The average molecular weight is 254 g/mol. The van der Waals surface area contributed by atoms with E-state index in [1.807, 2.05) is 6.92 Å². The van der Waals surface area contributed by atoms with Crippen LogP contribution in [0.5, 0.6) is 5.75 Å². The summed E-state index contributed by atoms with van der Waals surface area (Å²) >= 11 is 0. The molecule has 0 spiro atoms. The number of rotatable bonds is 6. The molecule has 3 N–H and O–H groups in total. The minimum atomic E-state index is -0.506. The first kappa shape index (κ1) is 14.4. The summed E-state index contributed by atoms with van der Waals surface area (Å²) < 4.78 is 18.7. The van der Waals surface area contributed by atoms with Crippen molar-refractivity contribution in [2.45, 2.75) is 26.3 Å². The fourth-order valence-electron chi connectivity index (χ4n) is 1.38. The van der Waals surface area contributed by atoms with E-state index in [4.69, 9.17) is 10.5 Å². The molecule has 0 fully saturated rings. The van der Waals surface area contributed by atoms with Gasteiger partial charge in [0.15, 0.2) is 18.2 Å². The van der Waals surface area contributed by atoms with Gasteiger partial charge in [0.25, 0.3) is 5.91 Å². The lowest BCUT2D eigenvalue weighted by molar-refractivity contribution is -0.123. The Hall–Kier alpha value is -1.62. The molecule has 1 aromatic rings. The first-order chi connectivity index (χ1) is 8.54. The average Bonchev–Trinajstić information content (AvgIpc) is 2.34. The lowest BCUT2D eigenvalue weighted by Crippen LogP contribution is -2.29. The Labute approximate surface area is 106 Å². The molecule has 18 heavy (non-hydrogen) atoms. The van der Waals surface area contributed by atoms with Gasteiger partial charge in [-0.3, -0.25) is 4.79 Å². The maximum absolute atomic E-state index is 13.6. The Balaban J connectivity index is 2.55. The summed E-state index contributed by atoms with van der Waals surface area (Å²) in [6, 6.07) is 4.26. The van der Waals surface area contributed by atoms with Gasteiger partial charge in [0.1, 0.15) is 0 Å². The van der Waals surface area contributed by atoms with Crippen LogP contribution >= 0.6 is 0 Å². The van der Waals surface area contributed by atoms with Crippen LogP contribution in [0.15, 0.2) is 18.2 Å². The van der Waals surface area contributed by atoms with Crippen molar-refractivity contribution in [1.29, 1.82) is 0 Å². The highest BCUT2D eigenvalue weighted by atomic mass is 19.1. The Morgan fingerprint density at radius 1 is 1.56 bits per heavy atom. The van der Waals surface area contributed by atoms with Gasteiger partial charge in [-0.1, -0.05) is 13.0 Å². The fraction of sp³-hybridized carbons (Fsp3) is 0.462. The first-order valence-corrected chi connectivity index (χ1v) is 5.99. The molecule has 0 aromatic heterocycles. The van der Waals surface area contributed by atoms with Crippen LogP contribution in [-0.4, -0.2) is 19.1 Å². The number of nitrogens with one attached hydrogen (secondary N) is 1. The Morgan fingerprint density at radius 2 is 2.28 bits per heavy atom. The molecule has 0 saturated heterocycles. The van der Waals surface area contributed by atoms with Crippen molar-refractivity contribution in [2.75, 3.05) is 13.2 Å². The number of amides is 1. The van der Waals surface area contributed by atoms with E-state index in [0.717, 1.165) is 6.42 Å². The quantitative estimate of drug-likeness (QED) is 0.813. The summed E-state index contributed by atoms with van der Waals surface area (Å²) in [5, 5.41) is 2.65. The summed E-state index contributed by atoms with van der Waals surface area (Å²) in [6.45, 7) is 4.13. The smallest absolute Gasteiger partial charge is 0.257 e. The van der Waals surface area contributed by atoms with Crippen molar-refractivity contribution in [2.24, 2.45) is 5.73 Å². The number of benzene rings is 1. The number of carbonyl (C=O) groups excluding carboxylic acids is 1. The van der Waals surface area contributed by atoms with E-state index in [1.54, 1.807) is 13.0 Å². The minimum Gasteiger partial charge on any atom is -0.481 e. The molecule has 100 valence electrons. The van der Waals surface area contributed by atoms with Crippen LogP contribution in [0, 0.1) is 5.82 Å². The zero-order valence-electron chi connectivity index (χ0n) is 10.7. The molecule has 1 aromatic carbocycles. The lowest BCUT2D eigenvalue weighted by Gasteiger charge is -2.10. The highest BCUT2D eigenvalue weighted by Gasteiger charge is 2.09. The van der Waals surface area contributed by atoms with Gasteiger partial charge in [0.2, 0.25) is 0 Å². The van der Waals surface area contributed by atoms with Crippen LogP contribution in [0.1, 0.15) is 31.9 Å². The van der Waals surface area contributed by atoms with E-state index in [-0.39, 0.29) is 24.3 Å². The van der Waals surface area contributed by atoms with Crippen molar-refractivity contribution in [3.05, 3.63) is 29.6 Å². The van der Waals surface area contributed by atoms with E-state index < -0.39 is 5.82 Å². The Kier molecular flexibility index (Phi) is 5.58. The molecule has 1 rings (SSSR count). The summed E-state index contributed by atoms with van der Waals surface area (Å²) in [4.78, 5) is 11.3. The molecule has 0 bridgehead atoms. The zero-order valence-corrected chi connectivity index (χ0v) is 10.7. The second-order valence-electron chi connectivity index (χ2n) is 4.12.